The molecule has 0 amide bonds. The maximum absolute atomic E-state index is 4.13. The van der Waals surface area contributed by atoms with Crippen molar-refractivity contribution in [2.75, 3.05) is 32.7 Å². The van der Waals surface area contributed by atoms with Crippen LogP contribution in [-0.2, 0) is 0 Å². The summed E-state index contributed by atoms with van der Waals surface area (Å²) in [6.07, 6.45) is 8.41. The van der Waals surface area contributed by atoms with Crippen molar-refractivity contribution in [1.29, 1.82) is 0 Å². The first-order valence-corrected chi connectivity index (χ1v) is 7.14. The molecule has 21 heavy (non-hydrogen) atoms. The van der Waals surface area contributed by atoms with Gasteiger partial charge in [-0.15, -0.1) is 0 Å². The third-order valence-electron chi connectivity index (χ3n) is 4.27. The van der Waals surface area contributed by atoms with Gasteiger partial charge in [-0.3, -0.25) is 4.90 Å². The lowest BCUT2D eigenvalue weighted by atomic mass is 9.72. The van der Waals surface area contributed by atoms with E-state index in [1.165, 1.54) is 31.5 Å². The lowest BCUT2D eigenvalue weighted by molar-refractivity contribution is -0.0346. The lowest BCUT2D eigenvalue weighted by Gasteiger charge is -2.54. The van der Waals surface area contributed by atoms with Crippen LogP contribution in [0, 0.1) is 5.41 Å². The maximum atomic E-state index is 4.13. The van der Waals surface area contributed by atoms with E-state index in [1.54, 1.807) is 6.08 Å². The Bertz CT molecular complexity index is 400. The summed E-state index contributed by atoms with van der Waals surface area (Å²) in [6, 6.07) is 0. The van der Waals surface area contributed by atoms with Crippen molar-refractivity contribution in [3.05, 3.63) is 49.2 Å². The number of hydrogen-bond acceptors (Lipinski definition) is 2. The molecule has 1 spiro atoms. The van der Waals surface area contributed by atoms with E-state index in [9.17, 15) is 0 Å². The molecular weight excluding hydrogens is 256 g/mol. The fraction of sp³-hybridized carbons (Fsp3) is 0.579. The third kappa shape index (κ3) is 4.89. The van der Waals surface area contributed by atoms with Gasteiger partial charge in [0.1, 0.15) is 0 Å². The first-order chi connectivity index (χ1) is 9.04. The molecule has 2 nitrogen and oxygen atoms in total. The molecule has 0 aromatic rings. The first-order valence-electron chi connectivity index (χ1n) is 7.14. The van der Waals surface area contributed by atoms with E-state index >= 15 is 0 Å². The largest absolute Gasteiger partial charge is 0.372 e. The predicted octanol–water partition coefficient (Wildman–Crippen LogP) is 4.98. The van der Waals surface area contributed by atoms with Gasteiger partial charge in [-0.25, -0.2) is 0 Å². The molecule has 0 radical (unpaired) electrons. The Morgan fingerprint density at radius 1 is 1.19 bits per heavy atom. The SMILES string of the molecule is C.C.C=C/C=C/C(=C)N1CCC2(CC1)CN(CC(=C)C)C2.[HH].[HH]. The molecular formula is C19H38N2. The lowest BCUT2D eigenvalue weighted by Crippen LogP contribution is -2.60. The molecule has 2 saturated heterocycles. The Kier molecular flexibility index (Phi) is 7.73. The molecule has 124 valence electrons. The van der Waals surface area contributed by atoms with Crippen molar-refractivity contribution in [3.63, 3.8) is 0 Å². The molecule has 0 aliphatic carbocycles. The van der Waals surface area contributed by atoms with E-state index in [1.807, 2.05) is 6.08 Å². The Hall–Kier alpha value is -1.28. The highest BCUT2D eigenvalue weighted by atomic mass is 15.2. The van der Waals surface area contributed by atoms with Gasteiger partial charge in [0, 0.05) is 41.3 Å². The van der Waals surface area contributed by atoms with Crippen molar-refractivity contribution in [1.82, 2.24) is 9.80 Å². The molecule has 0 atom stereocenters. The van der Waals surface area contributed by atoms with Gasteiger partial charge < -0.3 is 4.90 Å². The highest BCUT2D eigenvalue weighted by Gasteiger charge is 2.44. The van der Waals surface area contributed by atoms with Gasteiger partial charge in [-0.1, -0.05) is 52.3 Å². The minimum Gasteiger partial charge on any atom is -0.372 e. The average molecular weight is 295 g/mol. The van der Waals surface area contributed by atoms with E-state index in [0.717, 1.165) is 25.3 Å². The first kappa shape index (κ1) is 19.7. The smallest absolute Gasteiger partial charge is 0.0293 e. The second kappa shape index (κ2) is 8.23. The highest BCUT2D eigenvalue weighted by molar-refractivity contribution is 5.18. The molecule has 0 bridgehead atoms. The normalized spacial score (nSPS) is 20.3. The Labute approximate surface area is 135 Å². The van der Waals surface area contributed by atoms with Crippen LogP contribution in [0.25, 0.3) is 0 Å². The Morgan fingerprint density at radius 2 is 1.76 bits per heavy atom. The van der Waals surface area contributed by atoms with Gasteiger partial charge in [-0.05, 0) is 31.3 Å². The van der Waals surface area contributed by atoms with E-state index in [4.69, 9.17) is 0 Å². The summed E-state index contributed by atoms with van der Waals surface area (Å²) >= 11 is 0. The van der Waals surface area contributed by atoms with E-state index in [2.05, 4.69) is 42.5 Å². The maximum Gasteiger partial charge on any atom is 0.0293 e. The van der Waals surface area contributed by atoms with Gasteiger partial charge in [0.2, 0.25) is 0 Å². The van der Waals surface area contributed by atoms with Crippen molar-refractivity contribution >= 4 is 0 Å². The van der Waals surface area contributed by atoms with Gasteiger partial charge in [0.25, 0.3) is 0 Å². The van der Waals surface area contributed by atoms with Crippen LogP contribution in [0.2, 0.25) is 0 Å². The molecule has 0 aromatic heterocycles. The molecule has 2 aliphatic heterocycles. The van der Waals surface area contributed by atoms with E-state index in [-0.39, 0.29) is 17.7 Å². The molecule has 0 unspecified atom stereocenters. The van der Waals surface area contributed by atoms with E-state index in [0.29, 0.717) is 5.41 Å². The Morgan fingerprint density at radius 3 is 2.24 bits per heavy atom. The van der Waals surface area contributed by atoms with Gasteiger partial charge in [0.15, 0.2) is 0 Å². The molecule has 0 saturated carbocycles. The summed E-state index contributed by atoms with van der Waals surface area (Å²) in [5.41, 5.74) is 2.97. The standard InChI is InChI=1S/C17H26N2.2CH4.2H2/c1-5-6-7-16(4)19-10-8-17(9-11-19)13-18(14-17)12-15(2)3;;;;/h5-7H,1-2,4,8-14H2,3H3;2*1H4;2*1H/b7-6+;;;;. The number of rotatable bonds is 5. The fourth-order valence-corrected chi connectivity index (χ4v) is 3.26. The zero-order chi connectivity index (χ0) is 13.9. The van der Waals surface area contributed by atoms with Crippen molar-refractivity contribution < 1.29 is 2.85 Å². The number of allylic oxidation sites excluding steroid dienone is 3. The summed E-state index contributed by atoms with van der Waals surface area (Å²) in [6.45, 7) is 19.8. The van der Waals surface area contributed by atoms with E-state index < -0.39 is 0 Å². The molecule has 2 heterocycles. The molecule has 2 aliphatic rings. The summed E-state index contributed by atoms with van der Waals surface area (Å²) < 4.78 is 0. The van der Waals surface area contributed by atoms with Crippen molar-refractivity contribution in [2.24, 2.45) is 5.41 Å². The van der Waals surface area contributed by atoms with Crippen LogP contribution in [0.1, 0.15) is 37.5 Å². The summed E-state index contributed by atoms with van der Waals surface area (Å²) in [4.78, 5) is 4.91. The summed E-state index contributed by atoms with van der Waals surface area (Å²) in [5.74, 6) is 0. The topological polar surface area (TPSA) is 6.48 Å². The second-order valence-corrected chi connectivity index (χ2v) is 6.18. The summed E-state index contributed by atoms with van der Waals surface area (Å²) in [7, 11) is 0. The number of piperidine rings is 1. The molecule has 0 aromatic carbocycles. The molecule has 2 fully saturated rings. The highest BCUT2D eigenvalue weighted by Crippen LogP contribution is 2.41. The average Bonchev–Trinajstić information content (AvgIpc) is 2.34. The van der Waals surface area contributed by atoms with Crippen molar-refractivity contribution in [3.8, 4) is 0 Å². The quantitative estimate of drug-likeness (QED) is 0.521. The van der Waals surface area contributed by atoms with Crippen LogP contribution in [-0.4, -0.2) is 42.5 Å². The minimum atomic E-state index is 0. The van der Waals surface area contributed by atoms with Gasteiger partial charge in [0.05, 0.1) is 0 Å². The second-order valence-electron chi connectivity index (χ2n) is 6.18. The van der Waals surface area contributed by atoms with Crippen LogP contribution in [0.15, 0.2) is 49.2 Å². The van der Waals surface area contributed by atoms with Crippen LogP contribution in [0.5, 0.6) is 0 Å². The molecule has 0 N–H and O–H groups in total. The number of hydrogen-bond donors (Lipinski definition) is 0. The molecule has 2 rings (SSSR count). The van der Waals surface area contributed by atoms with Gasteiger partial charge >= 0.3 is 0 Å². The number of likely N-dealkylation sites (tertiary alicyclic amines) is 2. The minimum absolute atomic E-state index is 0. The van der Waals surface area contributed by atoms with Crippen LogP contribution in [0.3, 0.4) is 0 Å². The zero-order valence-electron chi connectivity index (χ0n) is 12.2. The monoisotopic (exact) mass is 294 g/mol. The van der Waals surface area contributed by atoms with Crippen LogP contribution in [0.4, 0.5) is 0 Å². The molecule has 2 heteroatoms. The Balaban J connectivity index is -0.000001000. The number of nitrogens with zero attached hydrogens (tertiary/aromatic N) is 2. The van der Waals surface area contributed by atoms with Crippen molar-refractivity contribution in [2.45, 2.75) is 34.6 Å². The van der Waals surface area contributed by atoms with Crippen LogP contribution >= 0.6 is 0 Å². The fourth-order valence-electron chi connectivity index (χ4n) is 3.26. The predicted molar refractivity (Wildman–Crippen MR) is 101 cm³/mol. The van der Waals surface area contributed by atoms with Gasteiger partial charge in [-0.2, -0.15) is 0 Å². The summed E-state index contributed by atoms with van der Waals surface area (Å²) in [5, 5.41) is 0. The van der Waals surface area contributed by atoms with Crippen LogP contribution < -0.4 is 0 Å². The third-order valence-corrected chi connectivity index (χ3v) is 4.27. The zero-order valence-corrected chi connectivity index (χ0v) is 12.2.